The first-order valence-electron chi connectivity index (χ1n) is 5.94. The number of amides is 1. The Kier molecular flexibility index (Phi) is 3.89. The highest BCUT2D eigenvalue weighted by atomic mass is 16.6. The number of carboxylic acid groups (broad SMARTS) is 1. The third-order valence-electron chi connectivity index (χ3n) is 2.72. The molecule has 1 heterocycles. The van der Waals surface area contributed by atoms with E-state index in [-0.39, 0.29) is 12.3 Å². The lowest BCUT2D eigenvalue weighted by atomic mass is 10.1. The summed E-state index contributed by atoms with van der Waals surface area (Å²) < 4.78 is 10.8. The summed E-state index contributed by atoms with van der Waals surface area (Å²) in [7, 11) is 0. The van der Waals surface area contributed by atoms with Gasteiger partial charge in [0.1, 0.15) is 19.3 Å². The minimum Gasteiger partial charge on any atom is -0.486 e. The van der Waals surface area contributed by atoms with Gasteiger partial charge in [-0.2, -0.15) is 0 Å². The Bertz CT molecular complexity index is 500. The van der Waals surface area contributed by atoms with E-state index in [4.69, 9.17) is 14.6 Å². The Morgan fingerprint density at radius 2 is 2.00 bits per heavy atom. The van der Waals surface area contributed by atoms with Crippen LogP contribution in [0.2, 0.25) is 0 Å². The molecule has 1 atom stereocenters. The minimum absolute atomic E-state index is 0.200. The van der Waals surface area contributed by atoms with Gasteiger partial charge in [-0.3, -0.25) is 4.79 Å². The van der Waals surface area contributed by atoms with E-state index in [1.807, 2.05) is 0 Å². The second kappa shape index (κ2) is 5.60. The molecule has 19 heavy (non-hydrogen) atoms. The molecule has 0 saturated heterocycles. The summed E-state index contributed by atoms with van der Waals surface area (Å²) in [5.41, 5.74) is 0.769. The first-order valence-corrected chi connectivity index (χ1v) is 5.94. The fourth-order valence-corrected chi connectivity index (χ4v) is 1.90. The molecule has 102 valence electrons. The van der Waals surface area contributed by atoms with Crippen LogP contribution in [-0.2, 0) is 16.0 Å². The largest absolute Gasteiger partial charge is 0.486 e. The third-order valence-corrected chi connectivity index (χ3v) is 2.72. The van der Waals surface area contributed by atoms with E-state index in [9.17, 15) is 9.59 Å². The zero-order valence-electron chi connectivity index (χ0n) is 10.5. The highest BCUT2D eigenvalue weighted by Crippen LogP contribution is 2.31. The fraction of sp³-hybridized carbons (Fsp3) is 0.385. The van der Waals surface area contributed by atoms with Crippen molar-refractivity contribution in [2.45, 2.75) is 19.4 Å². The van der Waals surface area contributed by atoms with Crippen LogP contribution in [0.15, 0.2) is 18.2 Å². The number of fused-ring (bicyclic) bond motifs is 1. The number of benzene rings is 1. The predicted octanol–water partition coefficient (Wildman–Crippen LogP) is 0.590. The van der Waals surface area contributed by atoms with Crippen molar-refractivity contribution in [2.75, 3.05) is 13.2 Å². The lowest BCUT2D eigenvalue weighted by Crippen LogP contribution is -2.41. The number of carboxylic acids is 1. The number of hydrogen-bond donors (Lipinski definition) is 2. The fourth-order valence-electron chi connectivity index (χ4n) is 1.90. The number of rotatable bonds is 4. The normalized spacial score (nSPS) is 14.6. The van der Waals surface area contributed by atoms with Gasteiger partial charge in [0, 0.05) is 13.3 Å². The van der Waals surface area contributed by atoms with E-state index in [2.05, 4.69) is 5.32 Å². The van der Waals surface area contributed by atoms with Crippen molar-refractivity contribution in [3.8, 4) is 11.5 Å². The SMILES string of the molecule is CC(=O)NC(Cc1ccc2c(c1)OCCO2)C(=O)O. The zero-order chi connectivity index (χ0) is 13.8. The molecule has 6 nitrogen and oxygen atoms in total. The molecule has 1 aliphatic heterocycles. The number of aliphatic carboxylic acids is 1. The van der Waals surface area contributed by atoms with Gasteiger partial charge < -0.3 is 19.9 Å². The highest BCUT2D eigenvalue weighted by Gasteiger charge is 2.20. The standard InChI is InChI=1S/C13H15NO5/c1-8(15)14-10(13(16)17)6-9-2-3-11-12(7-9)19-5-4-18-11/h2-3,7,10H,4-6H2,1H3,(H,14,15)(H,16,17). The van der Waals surface area contributed by atoms with Crippen molar-refractivity contribution in [1.82, 2.24) is 5.32 Å². The van der Waals surface area contributed by atoms with Gasteiger partial charge in [0.25, 0.3) is 0 Å². The van der Waals surface area contributed by atoms with Crippen molar-refractivity contribution in [3.63, 3.8) is 0 Å². The molecule has 0 bridgehead atoms. The quantitative estimate of drug-likeness (QED) is 0.832. The molecule has 0 spiro atoms. The van der Waals surface area contributed by atoms with Crippen molar-refractivity contribution >= 4 is 11.9 Å². The van der Waals surface area contributed by atoms with Gasteiger partial charge in [-0.15, -0.1) is 0 Å². The Morgan fingerprint density at radius 1 is 1.32 bits per heavy atom. The van der Waals surface area contributed by atoms with Crippen molar-refractivity contribution < 1.29 is 24.2 Å². The molecule has 1 unspecified atom stereocenters. The summed E-state index contributed by atoms with van der Waals surface area (Å²) in [6.45, 7) is 2.28. The van der Waals surface area contributed by atoms with Crippen LogP contribution in [0.3, 0.4) is 0 Å². The zero-order valence-corrected chi connectivity index (χ0v) is 10.5. The van der Waals surface area contributed by atoms with Gasteiger partial charge in [-0.25, -0.2) is 4.79 Å². The Balaban J connectivity index is 2.12. The van der Waals surface area contributed by atoms with Crippen molar-refractivity contribution in [1.29, 1.82) is 0 Å². The Hall–Kier alpha value is -2.24. The monoisotopic (exact) mass is 265 g/mol. The number of nitrogens with one attached hydrogen (secondary N) is 1. The smallest absolute Gasteiger partial charge is 0.326 e. The van der Waals surface area contributed by atoms with Crippen LogP contribution in [0.25, 0.3) is 0 Å². The first-order chi connectivity index (χ1) is 9.06. The maximum Gasteiger partial charge on any atom is 0.326 e. The van der Waals surface area contributed by atoms with Crippen molar-refractivity contribution in [3.05, 3.63) is 23.8 Å². The average Bonchev–Trinajstić information content (AvgIpc) is 2.37. The molecule has 0 radical (unpaired) electrons. The molecule has 2 rings (SSSR count). The minimum atomic E-state index is -1.06. The summed E-state index contributed by atoms with van der Waals surface area (Å²) in [6, 6.07) is 4.31. The Morgan fingerprint density at radius 3 is 2.63 bits per heavy atom. The van der Waals surface area contributed by atoms with Gasteiger partial charge >= 0.3 is 5.97 Å². The maximum atomic E-state index is 11.1. The van der Waals surface area contributed by atoms with Gasteiger partial charge in [0.05, 0.1) is 0 Å². The molecule has 1 aromatic rings. The first kappa shape index (κ1) is 13.2. The second-order valence-electron chi connectivity index (χ2n) is 4.27. The molecule has 1 aliphatic rings. The molecule has 1 amide bonds. The average molecular weight is 265 g/mol. The van der Waals surface area contributed by atoms with E-state index in [1.165, 1.54) is 6.92 Å². The summed E-state index contributed by atoms with van der Waals surface area (Å²) in [5, 5.41) is 11.4. The molecule has 0 fully saturated rings. The molecule has 2 N–H and O–H groups in total. The van der Waals surface area contributed by atoms with Crippen LogP contribution in [0.5, 0.6) is 11.5 Å². The van der Waals surface area contributed by atoms with Crippen LogP contribution in [-0.4, -0.2) is 36.2 Å². The van der Waals surface area contributed by atoms with Crippen LogP contribution < -0.4 is 14.8 Å². The molecule has 0 saturated carbocycles. The molecule has 1 aromatic carbocycles. The second-order valence-corrected chi connectivity index (χ2v) is 4.27. The summed E-state index contributed by atoms with van der Waals surface area (Å²) >= 11 is 0. The molecule has 0 aliphatic carbocycles. The van der Waals surface area contributed by atoms with Gasteiger partial charge in [0.15, 0.2) is 11.5 Å². The van der Waals surface area contributed by atoms with E-state index in [0.29, 0.717) is 24.7 Å². The lowest BCUT2D eigenvalue weighted by molar-refractivity contribution is -0.141. The molecular formula is C13H15NO5. The van der Waals surface area contributed by atoms with Gasteiger partial charge in [0.2, 0.25) is 5.91 Å². The third kappa shape index (κ3) is 3.37. The van der Waals surface area contributed by atoms with Crippen LogP contribution in [0.1, 0.15) is 12.5 Å². The van der Waals surface area contributed by atoms with Crippen LogP contribution in [0, 0.1) is 0 Å². The molecule has 0 aromatic heterocycles. The molecule has 6 heteroatoms. The van der Waals surface area contributed by atoms with Gasteiger partial charge in [-0.1, -0.05) is 6.07 Å². The maximum absolute atomic E-state index is 11.1. The highest BCUT2D eigenvalue weighted by molar-refractivity contribution is 5.82. The topological polar surface area (TPSA) is 84.9 Å². The van der Waals surface area contributed by atoms with E-state index in [1.54, 1.807) is 18.2 Å². The van der Waals surface area contributed by atoms with E-state index < -0.39 is 12.0 Å². The van der Waals surface area contributed by atoms with Crippen molar-refractivity contribution in [2.24, 2.45) is 0 Å². The number of carbonyl (C=O) groups is 2. The van der Waals surface area contributed by atoms with Gasteiger partial charge in [-0.05, 0) is 17.7 Å². The van der Waals surface area contributed by atoms with Crippen LogP contribution >= 0.6 is 0 Å². The number of hydrogen-bond acceptors (Lipinski definition) is 4. The van der Waals surface area contributed by atoms with E-state index >= 15 is 0 Å². The van der Waals surface area contributed by atoms with E-state index in [0.717, 1.165) is 5.56 Å². The summed E-state index contributed by atoms with van der Waals surface area (Å²) in [5.74, 6) is -0.174. The predicted molar refractivity (Wildman–Crippen MR) is 66.4 cm³/mol. The number of carbonyl (C=O) groups excluding carboxylic acids is 1. The number of ether oxygens (including phenoxy) is 2. The Labute approximate surface area is 110 Å². The molecular weight excluding hydrogens is 250 g/mol. The summed E-state index contributed by atoms with van der Waals surface area (Å²) in [4.78, 5) is 22.0. The lowest BCUT2D eigenvalue weighted by Gasteiger charge is -2.20. The van der Waals surface area contributed by atoms with Crippen LogP contribution in [0.4, 0.5) is 0 Å². The summed E-state index contributed by atoms with van der Waals surface area (Å²) in [6.07, 6.45) is 0.200.